The highest BCUT2D eigenvalue weighted by atomic mass is 32.1. The first kappa shape index (κ1) is 13.8. The van der Waals surface area contributed by atoms with Crippen molar-refractivity contribution in [1.82, 2.24) is 9.55 Å². The Hall–Kier alpha value is -2.18. The van der Waals surface area contributed by atoms with Gasteiger partial charge in [-0.25, -0.2) is 4.98 Å². The molecule has 0 saturated carbocycles. The molecule has 21 heavy (non-hydrogen) atoms. The molecular weight excluding hydrogens is 284 g/mol. The normalized spacial score (nSPS) is 14.6. The second-order valence-corrected chi connectivity index (χ2v) is 6.35. The molecule has 0 saturated heterocycles. The van der Waals surface area contributed by atoms with Gasteiger partial charge in [-0.05, 0) is 31.2 Å². The van der Waals surface area contributed by atoms with Crippen LogP contribution in [0.25, 0.3) is 10.2 Å². The van der Waals surface area contributed by atoms with Crippen LogP contribution >= 0.6 is 11.3 Å². The average molecular weight is 298 g/mol. The Morgan fingerprint density at radius 2 is 2.29 bits per heavy atom. The fraction of sp³-hybridized carbons (Fsp3) is 0.467. The second kappa shape index (κ2) is 5.67. The van der Waals surface area contributed by atoms with Crippen molar-refractivity contribution < 1.29 is 0 Å². The topological polar surface area (TPSA) is 82.5 Å². The second-order valence-electron chi connectivity index (χ2n) is 5.26. The Balaban J connectivity index is 1.97. The molecule has 0 spiro atoms. The molecule has 2 aromatic rings. The molecule has 0 bridgehead atoms. The third kappa shape index (κ3) is 2.43. The number of hydrogen-bond donors (Lipinski definition) is 0. The minimum atomic E-state index is -0.326. The minimum Gasteiger partial charge on any atom is -0.297 e. The SMILES string of the molecule is N#CCC[C@@H](C#N)Cn1cnc2sc3c(c2c1=O)CCC3. The predicted octanol–water partition coefficient (Wildman–Crippen LogP) is 2.39. The molecule has 0 fully saturated rings. The summed E-state index contributed by atoms with van der Waals surface area (Å²) in [7, 11) is 0. The number of rotatable bonds is 4. The standard InChI is InChI=1S/C15H14N4OS/c16-6-2-3-10(7-17)8-19-9-18-14-13(15(19)20)11-4-1-5-12(11)21-14/h9-10H,1-5,8H2/t10-/m0/s1. The van der Waals surface area contributed by atoms with Crippen LogP contribution in [0, 0.1) is 28.6 Å². The summed E-state index contributed by atoms with van der Waals surface area (Å²) in [6.45, 7) is 0.310. The summed E-state index contributed by atoms with van der Waals surface area (Å²) < 4.78 is 1.53. The van der Waals surface area contributed by atoms with E-state index in [-0.39, 0.29) is 11.5 Å². The van der Waals surface area contributed by atoms with Crippen LogP contribution in [0.4, 0.5) is 0 Å². The van der Waals surface area contributed by atoms with Crippen molar-refractivity contribution in [2.75, 3.05) is 0 Å². The number of nitrogens with zero attached hydrogens (tertiary/aromatic N) is 4. The Morgan fingerprint density at radius 3 is 3.05 bits per heavy atom. The number of hydrogen-bond acceptors (Lipinski definition) is 5. The molecule has 1 atom stereocenters. The molecule has 3 rings (SSSR count). The largest absolute Gasteiger partial charge is 0.297 e. The maximum Gasteiger partial charge on any atom is 0.262 e. The maximum atomic E-state index is 12.6. The van der Waals surface area contributed by atoms with Crippen LogP contribution in [0.5, 0.6) is 0 Å². The van der Waals surface area contributed by atoms with Gasteiger partial charge in [0.25, 0.3) is 5.56 Å². The summed E-state index contributed by atoms with van der Waals surface area (Å²) in [5.41, 5.74) is 1.11. The van der Waals surface area contributed by atoms with Gasteiger partial charge in [0.2, 0.25) is 0 Å². The molecule has 2 aromatic heterocycles. The molecule has 0 aromatic carbocycles. The molecule has 2 heterocycles. The average Bonchev–Trinajstić information content (AvgIpc) is 3.06. The molecule has 0 unspecified atom stereocenters. The van der Waals surface area contributed by atoms with E-state index < -0.39 is 0 Å². The summed E-state index contributed by atoms with van der Waals surface area (Å²) in [4.78, 5) is 19.1. The Bertz CT molecular complexity index is 821. The van der Waals surface area contributed by atoms with E-state index in [9.17, 15) is 4.79 Å². The summed E-state index contributed by atoms with van der Waals surface area (Å²) in [6, 6.07) is 4.21. The number of thiophene rings is 1. The molecule has 1 aliphatic rings. The molecule has 0 radical (unpaired) electrons. The van der Waals surface area contributed by atoms with E-state index in [2.05, 4.69) is 11.1 Å². The Labute approximate surface area is 126 Å². The molecule has 0 N–H and O–H groups in total. The molecule has 106 valence electrons. The van der Waals surface area contributed by atoms with Gasteiger partial charge in [0.05, 0.1) is 29.8 Å². The van der Waals surface area contributed by atoms with E-state index >= 15 is 0 Å². The van der Waals surface area contributed by atoms with Gasteiger partial charge in [-0.1, -0.05) is 0 Å². The van der Waals surface area contributed by atoms with Crippen LogP contribution in [0.1, 0.15) is 29.7 Å². The van der Waals surface area contributed by atoms with E-state index in [1.54, 1.807) is 11.3 Å². The number of aryl methyl sites for hydroxylation is 2. The van der Waals surface area contributed by atoms with Crippen LogP contribution in [0.3, 0.4) is 0 Å². The summed E-state index contributed by atoms with van der Waals surface area (Å²) in [5.74, 6) is -0.326. The van der Waals surface area contributed by atoms with Crippen molar-refractivity contribution >= 4 is 21.6 Å². The van der Waals surface area contributed by atoms with Crippen LogP contribution < -0.4 is 5.56 Å². The molecule has 6 heteroatoms. The lowest BCUT2D eigenvalue weighted by atomic mass is 10.1. The highest BCUT2D eigenvalue weighted by Crippen LogP contribution is 2.34. The predicted molar refractivity (Wildman–Crippen MR) is 79.9 cm³/mol. The van der Waals surface area contributed by atoms with Crippen molar-refractivity contribution in [2.45, 2.75) is 38.6 Å². The lowest BCUT2D eigenvalue weighted by Gasteiger charge is -2.09. The first-order chi connectivity index (χ1) is 10.2. The van der Waals surface area contributed by atoms with E-state index in [4.69, 9.17) is 10.5 Å². The summed E-state index contributed by atoms with van der Waals surface area (Å²) >= 11 is 1.62. The smallest absolute Gasteiger partial charge is 0.262 e. The molecule has 0 amide bonds. The summed E-state index contributed by atoms with van der Waals surface area (Å²) in [6.07, 6.45) is 5.45. The van der Waals surface area contributed by atoms with Gasteiger partial charge in [0, 0.05) is 17.8 Å². The number of nitriles is 2. The number of fused-ring (bicyclic) bond motifs is 3. The van der Waals surface area contributed by atoms with Crippen molar-refractivity contribution in [3.8, 4) is 12.1 Å². The fourth-order valence-electron chi connectivity index (χ4n) is 2.82. The van der Waals surface area contributed by atoms with Gasteiger partial charge in [0.15, 0.2) is 0 Å². The first-order valence-electron chi connectivity index (χ1n) is 7.01. The van der Waals surface area contributed by atoms with Crippen molar-refractivity contribution in [2.24, 2.45) is 5.92 Å². The third-order valence-electron chi connectivity index (χ3n) is 3.90. The van der Waals surface area contributed by atoms with Crippen molar-refractivity contribution in [3.05, 3.63) is 27.1 Å². The van der Waals surface area contributed by atoms with Gasteiger partial charge in [-0.3, -0.25) is 9.36 Å². The molecule has 1 aliphatic carbocycles. The van der Waals surface area contributed by atoms with Gasteiger partial charge < -0.3 is 0 Å². The van der Waals surface area contributed by atoms with Crippen molar-refractivity contribution in [3.63, 3.8) is 0 Å². The Kier molecular flexibility index (Phi) is 3.72. The van der Waals surface area contributed by atoms with Gasteiger partial charge in [-0.2, -0.15) is 10.5 Å². The zero-order valence-corrected chi connectivity index (χ0v) is 12.3. The minimum absolute atomic E-state index is 0.0448. The monoisotopic (exact) mass is 298 g/mol. The fourth-order valence-corrected chi connectivity index (χ4v) is 4.04. The lowest BCUT2D eigenvalue weighted by molar-refractivity contribution is 0.498. The highest BCUT2D eigenvalue weighted by Gasteiger charge is 2.21. The third-order valence-corrected chi connectivity index (χ3v) is 5.10. The van der Waals surface area contributed by atoms with Gasteiger partial charge in [0.1, 0.15) is 4.83 Å². The van der Waals surface area contributed by atoms with E-state index in [0.717, 1.165) is 35.0 Å². The maximum absolute atomic E-state index is 12.6. The summed E-state index contributed by atoms with van der Waals surface area (Å²) in [5, 5.41) is 18.5. The van der Waals surface area contributed by atoms with Crippen LogP contribution in [0.15, 0.2) is 11.1 Å². The Morgan fingerprint density at radius 1 is 1.43 bits per heavy atom. The molecule has 0 aliphatic heterocycles. The van der Waals surface area contributed by atoms with E-state index in [0.29, 0.717) is 19.4 Å². The highest BCUT2D eigenvalue weighted by molar-refractivity contribution is 7.18. The van der Waals surface area contributed by atoms with Crippen LogP contribution in [-0.2, 0) is 19.4 Å². The molecule has 5 nitrogen and oxygen atoms in total. The zero-order valence-electron chi connectivity index (χ0n) is 11.5. The van der Waals surface area contributed by atoms with E-state index in [1.165, 1.54) is 15.8 Å². The van der Waals surface area contributed by atoms with Gasteiger partial charge >= 0.3 is 0 Å². The first-order valence-corrected chi connectivity index (χ1v) is 7.82. The lowest BCUT2D eigenvalue weighted by Crippen LogP contribution is -2.24. The van der Waals surface area contributed by atoms with Crippen molar-refractivity contribution in [1.29, 1.82) is 10.5 Å². The quantitative estimate of drug-likeness (QED) is 0.867. The number of aromatic nitrogens is 2. The van der Waals surface area contributed by atoms with E-state index in [1.807, 2.05) is 6.07 Å². The van der Waals surface area contributed by atoms with Crippen LogP contribution in [-0.4, -0.2) is 9.55 Å². The zero-order chi connectivity index (χ0) is 14.8. The van der Waals surface area contributed by atoms with Crippen LogP contribution in [0.2, 0.25) is 0 Å². The molecular formula is C15H14N4OS. The van der Waals surface area contributed by atoms with Gasteiger partial charge in [-0.15, -0.1) is 11.3 Å².